The van der Waals surface area contributed by atoms with Crippen LogP contribution in [-0.2, 0) is 6.54 Å². The van der Waals surface area contributed by atoms with Crippen molar-refractivity contribution in [1.82, 2.24) is 15.1 Å². The van der Waals surface area contributed by atoms with Gasteiger partial charge in [-0.2, -0.15) is 5.10 Å². The van der Waals surface area contributed by atoms with Gasteiger partial charge in [0.05, 0.1) is 18.3 Å². The van der Waals surface area contributed by atoms with Gasteiger partial charge in [-0.25, -0.2) is 0 Å². The zero-order valence-electron chi connectivity index (χ0n) is 13.5. The van der Waals surface area contributed by atoms with Gasteiger partial charge in [-0.3, -0.25) is 9.48 Å². The van der Waals surface area contributed by atoms with E-state index >= 15 is 0 Å². The summed E-state index contributed by atoms with van der Waals surface area (Å²) in [5.41, 5.74) is 1.46. The van der Waals surface area contributed by atoms with Gasteiger partial charge >= 0.3 is 0 Å². The maximum atomic E-state index is 12.3. The minimum absolute atomic E-state index is 0.221. The number of ether oxygens (including phenoxy) is 1. The zero-order chi connectivity index (χ0) is 17.1. The number of aryl methyl sites for hydroxylation is 2. The molecule has 0 aliphatic rings. The number of benzene rings is 1. The molecule has 0 saturated heterocycles. The molecule has 126 valence electrons. The van der Waals surface area contributed by atoms with Crippen molar-refractivity contribution in [2.75, 3.05) is 13.7 Å². The van der Waals surface area contributed by atoms with Gasteiger partial charge in [0.2, 0.25) is 0 Å². The average Bonchev–Trinajstić information content (AvgIpc) is 3.14. The van der Waals surface area contributed by atoms with Crippen LogP contribution >= 0.6 is 11.6 Å². The molecule has 6 nitrogen and oxygen atoms in total. The number of aromatic nitrogens is 2. The van der Waals surface area contributed by atoms with Crippen molar-refractivity contribution >= 4 is 28.5 Å². The van der Waals surface area contributed by atoms with Crippen molar-refractivity contribution < 1.29 is 13.9 Å². The van der Waals surface area contributed by atoms with E-state index < -0.39 is 0 Å². The molecule has 0 bridgehead atoms. The first-order chi connectivity index (χ1) is 11.6. The summed E-state index contributed by atoms with van der Waals surface area (Å²) in [5, 5.41) is 8.47. The van der Waals surface area contributed by atoms with Crippen LogP contribution in [0.1, 0.15) is 22.5 Å². The predicted octanol–water partition coefficient (Wildman–Crippen LogP) is 3.42. The molecule has 0 saturated carbocycles. The second-order valence-corrected chi connectivity index (χ2v) is 5.89. The Morgan fingerprint density at radius 1 is 1.46 bits per heavy atom. The molecule has 24 heavy (non-hydrogen) atoms. The number of hydrogen-bond donors (Lipinski definition) is 1. The lowest BCUT2D eigenvalue weighted by atomic mass is 10.1. The van der Waals surface area contributed by atoms with Crippen LogP contribution in [0.2, 0.25) is 5.02 Å². The first-order valence-corrected chi connectivity index (χ1v) is 7.99. The fraction of sp³-hybridized carbons (Fsp3) is 0.294. The standard InChI is InChI=1S/C17H18ClN3O3/c1-11-14-5-4-13(23-2)8-15(14)24-16(11)17(22)19-6-3-7-21-10-12(18)9-20-21/h4-5,8-10H,3,6-7H2,1-2H3,(H,19,22). The van der Waals surface area contributed by atoms with Crippen LogP contribution in [0.25, 0.3) is 11.0 Å². The van der Waals surface area contributed by atoms with Gasteiger partial charge in [-0.05, 0) is 25.5 Å². The highest BCUT2D eigenvalue weighted by Gasteiger charge is 2.17. The van der Waals surface area contributed by atoms with Crippen LogP contribution in [0, 0.1) is 6.92 Å². The molecule has 1 aromatic carbocycles. The van der Waals surface area contributed by atoms with Gasteiger partial charge in [-0.1, -0.05) is 11.6 Å². The highest BCUT2D eigenvalue weighted by Crippen LogP contribution is 2.28. The Labute approximate surface area is 144 Å². The Bertz CT molecular complexity index is 869. The Morgan fingerprint density at radius 2 is 2.29 bits per heavy atom. The summed E-state index contributed by atoms with van der Waals surface area (Å²) < 4.78 is 12.6. The first-order valence-electron chi connectivity index (χ1n) is 7.62. The molecule has 0 atom stereocenters. The molecule has 0 spiro atoms. The monoisotopic (exact) mass is 347 g/mol. The average molecular weight is 348 g/mol. The lowest BCUT2D eigenvalue weighted by Gasteiger charge is -2.04. The SMILES string of the molecule is COc1ccc2c(C)c(C(=O)NCCCn3cc(Cl)cn3)oc2c1. The van der Waals surface area contributed by atoms with Crippen molar-refractivity contribution in [2.45, 2.75) is 19.9 Å². The number of carbonyl (C=O) groups excluding carboxylic acids is 1. The summed E-state index contributed by atoms with van der Waals surface area (Å²) >= 11 is 5.81. The maximum Gasteiger partial charge on any atom is 0.287 e. The van der Waals surface area contributed by atoms with Crippen LogP contribution in [0.3, 0.4) is 0 Å². The number of nitrogens with zero attached hydrogens (tertiary/aromatic N) is 2. The molecule has 3 rings (SSSR count). The molecule has 0 aliphatic carbocycles. The maximum absolute atomic E-state index is 12.3. The number of nitrogens with one attached hydrogen (secondary N) is 1. The Hall–Kier alpha value is -2.47. The highest BCUT2D eigenvalue weighted by molar-refractivity contribution is 6.30. The number of amides is 1. The molecule has 0 unspecified atom stereocenters. The van der Waals surface area contributed by atoms with Crippen LogP contribution in [0.15, 0.2) is 35.0 Å². The first kappa shape index (κ1) is 16.4. The minimum atomic E-state index is -0.221. The summed E-state index contributed by atoms with van der Waals surface area (Å²) in [7, 11) is 1.59. The summed E-state index contributed by atoms with van der Waals surface area (Å²) in [5.74, 6) is 0.808. The molecule has 7 heteroatoms. The van der Waals surface area contributed by atoms with Crippen LogP contribution < -0.4 is 10.1 Å². The van der Waals surface area contributed by atoms with Crippen LogP contribution in [0.4, 0.5) is 0 Å². The molecule has 2 aromatic heterocycles. The van der Waals surface area contributed by atoms with E-state index in [1.54, 1.807) is 30.3 Å². The molecular formula is C17H18ClN3O3. The van der Waals surface area contributed by atoms with Crippen molar-refractivity contribution in [3.05, 3.63) is 46.9 Å². The van der Waals surface area contributed by atoms with E-state index in [-0.39, 0.29) is 5.91 Å². The fourth-order valence-corrected chi connectivity index (χ4v) is 2.69. The number of hydrogen-bond acceptors (Lipinski definition) is 4. The molecule has 1 N–H and O–H groups in total. The van der Waals surface area contributed by atoms with Gasteiger partial charge in [0.1, 0.15) is 11.3 Å². The molecule has 3 aromatic rings. The Morgan fingerprint density at radius 3 is 3.00 bits per heavy atom. The van der Waals surface area contributed by atoms with Gasteiger partial charge in [0.25, 0.3) is 5.91 Å². The predicted molar refractivity (Wildman–Crippen MR) is 91.7 cm³/mol. The minimum Gasteiger partial charge on any atom is -0.497 e. The van der Waals surface area contributed by atoms with E-state index in [9.17, 15) is 4.79 Å². The third-order valence-corrected chi connectivity index (χ3v) is 4.00. The number of methoxy groups -OCH3 is 1. The lowest BCUT2D eigenvalue weighted by molar-refractivity contribution is 0.0926. The smallest absolute Gasteiger partial charge is 0.287 e. The number of carbonyl (C=O) groups is 1. The zero-order valence-corrected chi connectivity index (χ0v) is 14.3. The van der Waals surface area contributed by atoms with Crippen LogP contribution in [-0.4, -0.2) is 29.3 Å². The van der Waals surface area contributed by atoms with E-state index in [2.05, 4.69) is 10.4 Å². The molecule has 0 radical (unpaired) electrons. The van der Waals surface area contributed by atoms with E-state index in [0.29, 0.717) is 35.2 Å². The van der Waals surface area contributed by atoms with E-state index in [1.807, 2.05) is 19.1 Å². The number of fused-ring (bicyclic) bond motifs is 1. The van der Waals surface area contributed by atoms with Gasteiger partial charge in [0.15, 0.2) is 5.76 Å². The largest absolute Gasteiger partial charge is 0.497 e. The van der Waals surface area contributed by atoms with E-state index in [1.165, 1.54) is 0 Å². The number of furan rings is 1. The van der Waals surface area contributed by atoms with Gasteiger partial charge in [0, 0.05) is 36.3 Å². The topological polar surface area (TPSA) is 69.3 Å². The molecule has 0 fully saturated rings. The van der Waals surface area contributed by atoms with Gasteiger partial charge in [-0.15, -0.1) is 0 Å². The quantitative estimate of drug-likeness (QED) is 0.694. The number of rotatable bonds is 6. The lowest BCUT2D eigenvalue weighted by Crippen LogP contribution is -2.25. The second-order valence-electron chi connectivity index (χ2n) is 5.45. The summed E-state index contributed by atoms with van der Waals surface area (Å²) in [6, 6.07) is 5.52. The fourth-order valence-electron chi connectivity index (χ4n) is 2.53. The van der Waals surface area contributed by atoms with Crippen molar-refractivity contribution in [1.29, 1.82) is 0 Å². The molecular weight excluding hydrogens is 330 g/mol. The second kappa shape index (κ2) is 6.97. The summed E-state index contributed by atoms with van der Waals surface area (Å²) in [6.07, 6.45) is 4.09. The Balaban J connectivity index is 1.62. The normalized spacial score (nSPS) is 11.0. The van der Waals surface area contributed by atoms with Crippen molar-refractivity contribution in [2.24, 2.45) is 0 Å². The van der Waals surface area contributed by atoms with Crippen molar-refractivity contribution in [3.8, 4) is 5.75 Å². The summed E-state index contributed by atoms with van der Waals surface area (Å²) in [6.45, 7) is 3.08. The molecule has 1 amide bonds. The van der Waals surface area contributed by atoms with E-state index in [0.717, 1.165) is 17.4 Å². The van der Waals surface area contributed by atoms with E-state index in [4.69, 9.17) is 20.8 Å². The molecule has 2 heterocycles. The van der Waals surface area contributed by atoms with Crippen LogP contribution in [0.5, 0.6) is 5.75 Å². The Kier molecular flexibility index (Phi) is 4.76. The third kappa shape index (κ3) is 3.38. The highest BCUT2D eigenvalue weighted by atomic mass is 35.5. The summed E-state index contributed by atoms with van der Waals surface area (Å²) in [4.78, 5) is 12.3. The van der Waals surface area contributed by atoms with Crippen molar-refractivity contribution in [3.63, 3.8) is 0 Å². The van der Waals surface area contributed by atoms with Gasteiger partial charge < -0.3 is 14.5 Å². The third-order valence-electron chi connectivity index (χ3n) is 3.80. The molecule has 0 aliphatic heterocycles. The number of halogens is 1.